The Bertz CT molecular complexity index is 503. The third-order valence-corrected chi connectivity index (χ3v) is 6.09. The zero-order valence-corrected chi connectivity index (χ0v) is 11.9. The van der Waals surface area contributed by atoms with E-state index in [0.717, 1.165) is 18.3 Å². The van der Waals surface area contributed by atoms with Crippen LogP contribution in [0, 0.1) is 0 Å². The van der Waals surface area contributed by atoms with Gasteiger partial charge in [0.1, 0.15) is 0 Å². The molecule has 1 saturated heterocycles. The van der Waals surface area contributed by atoms with Gasteiger partial charge in [0, 0.05) is 47.3 Å². The van der Waals surface area contributed by atoms with Gasteiger partial charge in [0.05, 0.1) is 0 Å². The van der Waals surface area contributed by atoms with Crippen molar-refractivity contribution >= 4 is 34.4 Å². The summed E-state index contributed by atoms with van der Waals surface area (Å²) in [5.74, 6) is 3.93. The van der Waals surface area contributed by atoms with Gasteiger partial charge in [-0.2, -0.15) is 23.5 Å². The van der Waals surface area contributed by atoms with Crippen molar-refractivity contribution in [2.24, 2.45) is 0 Å². The molecule has 96 valence electrons. The van der Waals surface area contributed by atoms with Crippen molar-refractivity contribution in [3.8, 4) is 0 Å². The number of nitrogens with one attached hydrogen (secondary N) is 2. The molecule has 0 aliphatic carbocycles. The molecule has 1 fully saturated rings. The van der Waals surface area contributed by atoms with Gasteiger partial charge in [0.25, 0.3) is 0 Å². The van der Waals surface area contributed by atoms with Crippen molar-refractivity contribution in [1.29, 1.82) is 0 Å². The number of hydrogen-bond donors (Lipinski definition) is 2. The molecule has 1 aliphatic rings. The Morgan fingerprint density at radius 1 is 1.28 bits per heavy atom. The van der Waals surface area contributed by atoms with Crippen LogP contribution in [0.5, 0.6) is 0 Å². The zero-order chi connectivity index (χ0) is 12.2. The first-order chi connectivity index (χ1) is 8.93. The molecule has 0 saturated carbocycles. The van der Waals surface area contributed by atoms with Crippen LogP contribution in [0.15, 0.2) is 30.5 Å². The SMILES string of the molecule is c1cc(CNCC2CSCCS2)c2[nH]ccc2c1. The molecule has 0 spiro atoms. The molecule has 1 unspecified atom stereocenters. The lowest BCUT2D eigenvalue weighted by Crippen LogP contribution is -2.28. The Morgan fingerprint density at radius 2 is 2.28 bits per heavy atom. The topological polar surface area (TPSA) is 27.8 Å². The summed E-state index contributed by atoms with van der Waals surface area (Å²) >= 11 is 4.20. The average Bonchev–Trinajstić information content (AvgIpc) is 2.89. The highest BCUT2D eigenvalue weighted by atomic mass is 32.2. The number of fused-ring (bicyclic) bond motifs is 1. The Kier molecular flexibility index (Phi) is 4.18. The summed E-state index contributed by atoms with van der Waals surface area (Å²) in [5.41, 5.74) is 2.64. The molecule has 4 heteroatoms. The molecular weight excluding hydrogens is 260 g/mol. The summed E-state index contributed by atoms with van der Waals surface area (Å²) in [6.07, 6.45) is 2.02. The lowest BCUT2D eigenvalue weighted by molar-refractivity contribution is 0.688. The monoisotopic (exact) mass is 278 g/mol. The summed E-state index contributed by atoms with van der Waals surface area (Å²) in [5, 5.41) is 5.69. The van der Waals surface area contributed by atoms with Crippen LogP contribution in [0.1, 0.15) is 5.56 Å². The van der Waals surface area contributed by atoms with Gasteiger partial charge in [-0.05, 0) is 17.0 Å². The normalized spacial score (nSPS) is 20.3. The van der Waals surface area contributed by atoms with Crippen molar-refractivity contribution < 1.29 is 0 Å². The number of benzene rings is 1. The maximum Gasteiger partial charge on any atom is 0.0499 e. The van der Waals surface area contributed by atoms with Crippen molar-refractivity contribution in [3.05, 3.63) is 36.0 Å². The van der Waals surface area contributed by atoms with Crippen LogP contribution in [0.25, 0.3) is 10.9 Å². The van der Waals surface area contributed by atoms with Gasteiger partial charge in [0.2, 0.25) is 0 Å². The van der Waals surface area contributed by atoms with Crippen molar-refractivity contribution in [2.45, 2.75) is 11.8 Å². The third-order valence-electron chi connectivity index (χ3n) is 3.25. The number of hydrogen-bond acceptors (Lipinski definition) is 3. The minimum absolute atomic E-state index is 0.784. The number of H-pyrrole nitrogens is 1. The van der Waals surface area contributed by atoms with E-state index in [9.17, 15) is 0 Å². The van der Waals surface area contributed by atoms with E-state index in [0.29, 0.717) is 0 Å². The zero-order valence-electron chi connectivity index (χ0n) is 10.3. The second-order valence-electron chi connectivity index (χ2n) is 4.56. The summed E-state index contributed by atoms with van der Waals surface area (Å²) in [4.78, 5) is 3.33. The van der Waals surface area contributed by atoms with Gasteiger partial charge >= 0.3 is 0 Å². The minimum Gasteiger partial charge on any atom is -0.361 e. The molecular formula is C14H18N2S2. The molecule has 1 aliphatic heterocycles. The first kappa shape index (κ1) is 12.5. The predicted octanol–water partition coefficient (Wildman–Crippen LogP) is 3.11. The summed E-state index contributed by atoms with van der Waals surface area (Å²) in [7, 11) is 0. The van der Waals surface area contributed by atoms with Gasteiger partial charge in [-0.1, -0.05) is 18.2 Å². The number of para-hydroxylation sites is 1. The second-order valence-corrected chi connectivity index (χ2v) is 7.12. The molecule has 0 bridgehead atoms. The molecule has 18 heavy (non-hydrogen) atoms. The van der Waals surface area contributed by atoms with Crippen LogP contribution < -0.4 is 5.32 Å². The van der Waals surface area contributed by atoms with Crippen LogP contribution in [-0.2, 0) is 6.54 Å². The van der Waals surface area contributed by atoms with Crippen molar-refractivity contribution in [2.75, 3.05) is 23.8 Å². The number of aromatic amines is 1. The second kappa shape index (κ2) is 6.04. The smallest absolute Gasteiger partial charge is 0.0499 e. The molecule has 2 nitrogen and oxygen atoms in total. The van der Waals surface area contributed by atoms with Crippen molar-refractivity contribution in [1.82, 2.24) is 10.3 Å². The highest BCUT2D eigenvalue weighted by Crippen LogP contribution is 2.23. The van der Waals surface area contributed by atoms with Crippen LogP contribution >= 0.6 is 23.5 Å². The molecule has 0 amide bonds. The number of rotatable bonds is 4. The molecule has 2 aromatic rings. The van der Waals surface area contributed by atoms with E-state index < -0.39 is 0 Å². The summed E-state index contributed by atoms with van der Waals surface area (Å²) < 4.78 is 0. The molecule has 3 rings (SSSR count). The van der Waals surface area contributed by atoms with Gasteiger partial charge in [0.15, 0.2) is 0 Å². The fourth-order valence-corrected chi connectivity index (χ4v) is 4.97. The lowest BCUT2D eigenvalue weighted by Gasteiger charge is -2.21. The Morgan fingerprint density at radius 3 is 3.17 bits per heavy atom. The lowest BCUT2D eigenvalue weighted by atomic mass is 10.1. The molecule has 1 aromatic heterocycles. The fourth-order valence-electron chi connectivity index (χ4n) is 2.32. The molecule has 0 radical (unpaired) electrons. The maximum absolute atomic E-state index is 3.60. The van der Waals surface area contributed by atoms with Gasteiger partial charge in [-0.15, -0.1) is 0 Å². The van der Waals surface area contributed by atoms with Crippen LogP contribution in [0.2, 0.25) is 0 Å². The minimum atomic E-state index is 0.784. The largest absolute Gasteiger partial charge is 0.361 e. The number of thioether (sulfide) groups is 2. The first-order valence-corrected chi connectivity index (χ1v) is 8.59. The highest BCUT2D eigenvalue weighted by molar-refractivity contribution is 8.06. The summed E-state index contributed by atoms with van der Waals surface area (Å²) in [6.45, 7) is 2.08. The van der Waals surface area contributed by atoms with Crippen LogP contribution in [-0.4, -0.2) is 34.0 Å². The average molecular weight is 278 g/mol. The quantitative estimate of drug-likeness (QED) is 0.900. The van der Waals surface area contributed by atoms with Gasteiger partial charge < -0.3 is 10.3 Å². The predicted molar refractivity (Wildman–Crippen MR) is 83.6 cm³/mol. The van der Waals surface area contributed by atoms with Gasteiger partial charge in [-0.25, -0.2) is 0 Å². The highest BCUT2D eigenvalue weighted by Gasteiger charge is 2.13. The standard InChI is InChI=1S/C14H18N2S2/c1-2-11-4-5-16-14(11)12(3-1)8-15-9-13-10-17-6-7-18-13/h1-5,13,15-16H,6-10H2. The van der Waals surface area contributed by atoms with Crippen LogP contribution in [0.4, 0.5) is 0 Å². The van der Waals surface area contributed by atoms with E-state index in [2.05, 4.69) is 58.1 Å². The Labute approximate surface area is 116 Å². The van der Waals surface area contributed by atoms with E-state index in [1.54, 1.807) is 0 Å². The van der Waals surface area contributed by atoms with Crippen molar-refractivity contribution in [3.63, 3.8) is 0 Å². The number of aromatic nitrogens is 1. The molecule has 2 heterocycles. The summed E-state index contributed by atoms with van der Waals surface area (Å²) in [6, 6.07) is 8.63. The van der Waals surface area contributed by atoms with E-state index in [4.69, 9.17) is 0 Å². The van der Waals surface area contributed by atoms with E-state index in [-0.39, 0.29) is 0 Å². The molecule has 2 N–H and O–H groups in total. The maximum atomic E-state index is 3.60. The van der Waals surface area contributed by atoms with E-state index >= 15 is 0 Å². The molecule has 1 aromatic carbocycles. The van der Waals surface area contributed by atoms with E-state index in [1.807, 2.05) is 6.20 Å². The first-order valence-electron chi connectivity index (χ1n) is 6.38. The van der Waals surface area contributed by atoms with E-state index in [1.165, 1.54) is 33.7 Å². The molecule has 1 atom stereocenters. The Hall–Kier alpha value is -0.580. The third kappa shape index (κ3) is 2.87. The Balaban J connectivity index is 1.57. The van der Waals surface area contributed by atoms with Crippen LogP contribution in [0.3, 0.4) is 0 Å². The fraction of sp³-hybridized carbons (Fsp3) is 0.429. The van der Waals surface area contributed by atoms with Gasteiger partial charge in [-0.3, -0.25) is 0 Å².